The predicted molar refractivity (Wildman–Crippen MR) is 107 cm³/mol. The van der Waals surface area contributed by atoms with Crippen molar-refractivity contribution in [3.63, 3.8) is 0 Å². The Labute approximate surface area is 165 Å². The number of rotatable bonds is 8. The number of hydrogen-bond acceptors (Lipinski definition) is 3. The smallest absolute Gasteiger partial charge is 0.254 e. The van der Waals surface area contributed by atoms with Crippen LogP contribution in [0.4, 0.5) is 0 Å². The summed E-state index contributed by atoms with van der Waals surface area (Å²) in [6.45, 7) is 5.94. The first-order valence-corrected chi connectivity index (χ1v) is 9.52. The van der Waals surface area contributed by atoms with Crippen LogP contribution in [0.3, 0.4) is 0 Å². The quantitative estimate of drug-likeness (QED) is 0.617. The summed E-state index contributed by atoms with van der Waals surface area (Å²) in [5.74, 6) is 0.700. The molecule has 27 heavy (non-hydrogen) atoms. The van der Waals surface area contributed by atoms with E-state index in [9.17, 15) is 4.79 Å². The van der Waals surface area contributed by atoms with Gasteiger partial charge in [-0.05, 0) is 54.8 Å². The van der Waals surface area contributed by atoms with Crippen molar-refractivity contribution in [2.45, 2.75) is 25.5 Å². The number of carbonyl (C=O) groups excluding carboxylic acids is 1. The van der Waals surface area contributed by atoms with Gasteiger partial charge >= 0.3 is 0 Å². The Hall–Kier alpha value is -2.30. The lowest BCUT2D eigenvalue weighted by Gasteiger charge is -2.26. The highest BCUT2D eigenvalue weighted by Gasteiger charge is 2.23. The number of ether oxygens (including phenoxy) is 2. The van der Waals surface area contributed by atoms with E-state index in [4.69, 9.17) is 21.1 Å². The molecule has 1 amide bonds. The Bertz CT molecular complexity index is 752. The van der Waals surface area contributed by atoms with Gasteiger partial charge in [0.05, 0.1) is 6.10 Å². The fraction of sp³-hybridized carbons (Fsp3) is 0.318. The second kappa shape index (κ2) is 9.58. The molecule has 2 aromatic rings. The van der Waals surface area contributed by atoms with Gasteiger partial charge in [0.25, 0.3) is 5.91 Å². The second-order valence-electron chi connectivity index (χ2n) is 6.57. The molecule has 0 aromatic heterocycles. The fourth-order valence-electron chi connectivity index (χ4n) is 3.10. The van der Waals surface area contributed by atoms with E-state index in [2.05, 4.69) is 6.58 Å². The second-order valence-corrected chi connectivity index (χ2v) is 7.01. The minimum atomic E-state index is -0.0179. The Morgan fingerprint density at radius 1 is 1.22 bits per heavy atom. The molecule has 4 nitrogen and oxygen atoms in total. The summed E-state index contributed by atoms with van der Waals surface area (Å²) in [5.41, 5.74) is 1.67. The highest BCUT2D eigenvalue weighted by molar-refractivity contribution is 6.30. The van der Waals surface area contributed by atoms with Gasteiger partial charge in [-0.3, -0.25) is 4.79 Å². The molecule has 0 radical (unpaired) electrons. The van der Waals surface area contributed by atoms with Crippen LogP contribution in [0.15, 0.2) is 61.2 Å². The Kier molecular flexibility index (Phi) is 6.91. The molecule has 1 atom stereocenters. The maximum Gasteiger partial charge on any atom is 0.254 e. The predicted octanol–water partition coefficient (Wildman–Crippen LogP) is 4.73. The molecule has 1 aliphatic rings. The van der Waals surface area contributed by atoms with Crippen molar-refractivity contribution < 1.29 is 14.3 Å². The van der Waals surface area contributed by atoms with Crippen LogP contribution in [0.25, 0.3) is 0 Å². The maximum absolute atomic E-state index is 13.1. The minimum absolute atomic E-state index is 0.0179. The topological polar surface area (TPSA) is 38.8 Å². The van der Waals surface area contributed by atoms with Crippen LogP contribution in [-0.2, 0) is 11.3 Å². The normalized spacial score (nSPS) is 16.1. The van der Waals surface area contributed by atoms with Crippen molar-refractivity contribution in [3.05, 3.63) is 77.3 Å². The van der Waals surface area contributed by atoms with E-state index in [0.29, 0.717) is 30.3 Å². The molecule has 1 unspecified atom stereocenters. The number of hydrogen-bond donors (Lipinski definition) is 0. The summed E-state index contributed by atoms with van der Waals surface area (Å²) >= 11 is 5.98. The van der Waals surface area contributed by atoms with Crippen molar-refractivity contribution in [2.24, 2.45) is 0 Å². The molecule has 1 saturated heterocycles. The number of halogens is 1. The van der Waals surface area contributed by atoms with Crippen LogP contribution in [-0.4, -0.2) is 36.7 Å². The summed E-state index contributed by atoms with van der Waals surface area (Å²) in [5, 5.41) is 0.686. The molecule has 3 rings (SSSR count). The van der Waals surface area contributed by atoms with Crippen molar-refractivity contribution >= 4 is 17.5 Å². The third-order valence-electron chi connectivity index (χ3n) is 4.49. The fourth-order valence-corrected chi connectivity index (χ4v) is 3.22. The number of carbonyl (C=O) groups is 1. The molecule has 0 N–H and O–H groups in total. The largest absolute Gasteiger partial charge is 0.490 e. The Balaban J connectivity index is 1.74. The van der Waals surface area contributed by atoms with E-state index in [1.807, 2.05) is 41.3 Å². The van der Waals surface area contributed by atoms with E-state index in [1.54, 1.807) is 18.2 Å². The zero-order chi connectivity index (χ0) is 19.1. The molecule has 0 spiro atoms. The van der Waals surface area contributed by atoms with E-state index < -0.39 is 0 Å². The molecular formula is C22H24ClNO3. The average molecular weight is 386 g/mol. The van der Waals surface area contributed by atoms with Gasteiger partial charge in [0.1, 0.15) is 12.4 Å². The van der Waals surface area contributed by atoms with Gasteiger partial charge < -0.3 is 14.4 Å². The number of amides is 1. The molecular weight excluding hydrogens is 362 g/mol. The number of nitrogens with zero attached hydrogens (tertiary/aromatic N) is 1. The molecule has 1 heterocycles. The first kappa shape index (κ1) is 19.5. The zero-order valence-corrected chi connectivity index (χ0v) is 16.0. The van der Waals surface area contributed by atoms with Crippen LogP contribution >= 0.6 is 11.6 Å². The third-order valence-corrected chi connectivity index (χ3v) is 4.74. The highest BCUT2D eigenvalue weighted by atomic mass is 35.5. The third kappa shape index (κ3) is 5.59. The lowest BCUT2D eigenvalue weighted by molar-refractivity contribution is 0.0507. The lowest BCUT2D eigenvalue weighted by atomic mass is 10.1. The van der Waals surface area contributed by atoms with Crippen molar-refractivity contribution in [1.82, 2.24) is 4.90 Å². The summed E-state index contributed by atoms with van der Waals surface area (Å²) in [6, 6.07) is 14.8. The Morgan fingerprint density at radius 3 is 2.59 bits per heavy atom. The molecule has 142 valence electrons. The van der Waals surface area contributed by atoms with Crippen LogP contribution in [0.1, 0.15) is 28.8 Å². The van der Waals surface area contributed by atoms with Gasteiger partial charge in [0.2, 0.25) is 0 Å². The average Bonchev–Trinajstić information content (AvgIpc) is 3.20. The first-order valence-electron chi connectivity index (χ1n) is 9.15. The molecule has 1 aliphatic heterocycles. The van der Waals surface area contributed by atoms with Gasteiger partial charge in [0, 0.05) is 30.3 Å². The van der Waals surface area contributed by atoms with E-state index in [1.165, 1.54) is 0 Å². The molecule has 5 heteroatoms. The lowest BCUT2D eigenvalue weighted by Crippen LogP contribution is -2.36. The summed E-state index contributed by atoms with van der Waals surface area (Å²) in [4.78, 5) is 15.0. The summed E-state index contributed by atoms with van der Waals surface area (Å²) in [7, 11) is 0. The van der Waals surface area contributed by atoms with Gasteiger partial charge in [-0.15, -0.1) is 0 Å². The van der Waals surface area contributed by atoms with Gasteiger partial charge in [-0.1, -0.05) is 36.4 Å². The van der Waals surface area contributed by atoms with Gasteiger partial charge in [-0.25, -0.2) is 0 Å². The van der Waals surface area contributed by atoms with Crippen LogP contribution < -0.4 is 4.74 Å². The Morgan fingerprint density at radius 2 is 1.96 bits per heavy atom. The summed E-state index contributed by atoms with van der Waals surface area (Å²) in [6.07, 6.45) is 3.81. The van der Waals surface area contributed by atoms with Crippen molar-refractivity contribution in [2.75, 3.05) is 19.8 Å². The highest BCUT2D eigenvalue weighted by Crippen LogP contribution is 2.20. The van der Waals surface area contributed by atoms with Crippen molar-refractivity contribution in [1.29, 1.82) is 0 Å². The zero-order valence-electron chi connectivity index (χ0n) is 15.3. The van der Waals surface area contributed by atoms with Crippen LogP contribution in [0, 0.1) is 0 Å². The first-order chi connectivity index (χ1) is 13.2. The molecule has 0 aliphatic carbocycles. The molecule has 2 aromatic carbocycles. The maximum atomic E-state index is 13.1. The standard InChI is InChI=1S/C22H24ClNO3/c1-2-13-26-20-11-7-18(8-12-20)22(25)24(16-21-4-3-14-27-21)15-17-5-9-19(23)10-6-17/h2,5-12,21H,1,3-4,13-16H2. The van der Waals surface area contributed by atoms with E-state index in [0.717, 1.165) is 30.8 Å². The summed E-state index contributed by atoms with van der Waals surface area (Å²) < 4.78 is 11.2. The van der Waals surface area contributed by atoms with E-state index in [-0.39, 0.29) is 12.0 Å². The molecule has 0 bridgehead atoms. The van der Waals surface area contributed by atoms with Crippen LogP contribution in [0.5, 0.6) is 5.75 Å². The van der Waals surface area contributed by atoms with E-state index >= 15 is 0 Å². The monoisotopic (exact) mass is 385 g/mol. The van der Waals surface area contributed by atoms with Gasteiger partial charge in [0.15, 0.2) is 0 Å². The minimum Gasteiger partial charge on any atom is -0.490 e. The van der Waals surface area contributed by atoms with Crippen molar-refractivity contribution in [3.8, 4) is 5.75 Å². The van der Waals surface area contributed by atoms with Gasteiger partial charge in [-0.2, -0.15) is 0 Å². The molecule has 1 fully saturated rings. The molecule has 0 saturated carbocycles. The number of benzene rings is 2. The SMILES string of the molecule is C=CCOc1ccc(C(=O)N(Cc2ccc(Cl)cc2)CC2CCCO2)cc1. The van der Waals surface area contributed by atoms with Crippen LogP contribution in [0.2, 0.25) is 5.02 Å².